The Bertz CT molecular complexity index is 616. The van der Waals surface area contributed by atoms with Gasteiger partial charge in [-0.3, -0.25) is 9.59 Å². The topological polar surface area (TPSA) is 102 Å². The standard InChI is InChI=1S/C20H31NO6/c1-5-12(3)18(24)26-13(4)27-19(25)21-11-20(10-17(22)23)9-15-7-14(6-2)8-16(15)20/h8,12-13,15-16H,5-7,9-11H2,1-4H3,(H,21,25)(H,22,23)/t12?,13-,15+,16-,20-/m1/s1. The molecule has 0 radical (unpaired) electrons. The minimum absolute atomic E-state index is 0.0144. The molecule has 0 spiro atoms. The fourth-order valence-corrected chi connectivity index (χ4v) is 4.21. The minimum Gasteiger partial charge on any atom is -0.481 e. The lowest BCUT2D eigenvalue weighted by molar-refractivity contribution is -0.169. The summed E-state index contributed by atoms with van der Waals surface area (Å²) < 4.78 is 10.2. The maximum absolute atomic E-state index is 12.1. The number of esters is 1. The molecular weight excluding hydrogens is 350 g/mol. The van der Waals surface area contributed by atoms with Crippen LogP contribution in [-0.2, 0) is 19.1 Å². The van der Waals surface area contributed by atoms with E-state index in [4.69, 9.17) is 9.47 Å². The smallest absolute Gasteiger partial charge is 0.410 e. The largest absolute Gasteiger partial charge is 0.481 e. The first kappa shape index (κ1) is 21.3. The fraction of sp³-hybridized carbons (Fsp3) is 0.750. The van der Waals surface area contributed by atoms with Gasteiger partial charge in [-0.25, -0.2) is 4.79 Å². The van der Waals surface area contributed by atoms with Gasteiger partial charge in [0.05, 0.1) is 12.3 Å². The Morgan fingerprint density at radius 2 is 2.00 bits per heavy atom. The summed E-state index contributed by atoms with van der Waals surface area (Å²) in [6.07, 6.45) is 3.94. The lowest BCUT2D eigenvalue weighted by atomic mass is 9.53. The van der Waals surface area contributed by atoms with E-state index in [0.717, 1.165) is 19.3 Å². The van der Waals surface area contributed by atoms with E-state index in [2.05, 4.69) is 18.3 Å². The summed E-state index contributed by atoms with van der Waals surface area (Å²) in [5.41, 5.74) is 0.897. The zero-order valence-corrected chi connectivity index (χ0v) is 16.6. The molecule has 0 heterocycles. The number of alkyl carbamates (subject to hydrolysis) is 1. The Labute approximate surface area is 160 Å². The van der Waals surface area contributed by atoms with Crippen LogP contribution in [0.5, 0.6) is 0 Å². The van der Waals surface area contributed by atoms with E-state index in [0.29, 0.717) is 12.3 Å². The number of carbonyl (C=O) groups is 3. The fourth-order valence-electron chi connectivity index (χ4n) is 4.21. The summed E-state index contributed by atoms with van der Waals surface area (Å²) >= 11 is 0. The molecule has 1 fully saturated rings. The number of amides is 1. The summed E-state index contributed by atoms with van der Waals surface area (Å²) in [5, 5.41) is 12.0. The molecule has 2 rings (SSSR count). The van der Waals surface area contributed by atoms with Crippen LogP contribution in [0.25, 0.3) is 0 Å². The van der Waals surface area contributed by atoms with Crippen molar-refractivity contribution < 1.29 is 29.0 Å². The maximum Gasteiger partial charge on any atom is 0.410 e. The van der Waals surface area contributed by atoms with Crippen LogP contribution in [0, 0.1) is 23.2 Å². The number of carboxylic acid groups (broad SMARTS) is 1. The third-order valence-corrected chi connectivity index (χ3v) is 5.94. The van der Waals surface area contributed by atoms with Gasteiger partial charge in [-0.15, -0.1) is 0 Å². The molecule has 0 aromatic rings. The monoisotopic (exact) mass is 381 g/mol. The number of nitrogens with one attached hydrogen (secondary N) is 1. The minimum atomic E-state index is -0.992. The van der Waals surface area contributed by atoms with Crippen LogP contribution in [0.4, 0.5) is 4.79 Å². The Hall–Kier alpha value is -2.05. The predicted octanol–water partition coefficient (Wildman–Crippen LogP) is 3.49. The second-order valence-electron chi connectivity index (χ2n) is 7.88. The maximum atomic E-state index is 12.1. The van der Waals surface area contributed by atoms with E-state index < -0.39 is 29.7 Å². The van der Waals surface area contributed by atoms with Crippen molar-refractivity contribution in [3.63, 3.8) is 0 Å². The highest BCUT2D eigenvalue weighted by atomic mass is 16.7. The molecule has 5 atom stereocenters. The quantitative estimate of drug-likeness (QED) is 0.360. The van der Waals surface area contributed by atoms with Crippen molar-refractivity contribution in [3.8, 4) is 0 Å². The van der Waals surface area contributed by atoms with Gasteiger partial charge in [0.15, 0.2) is 0 Å². The lowest BCUT2D eigenvalue weighted by Gasteiger charge is -2.51. The van der Waals surface area contributed by atoms with E-state index in [9.17, 15) is 19.5 Å². The summed E-state index contributed by atoms with van der Waals surface area (Å²) in [4.78, 5) is 35.2. The first-order valence-electron chi connectivity index (χ1n) is 9.77. The van der Waals surface area contributed by atoms with Gasteiger partial charge < -0.3 is 19.9 Å². The zero-order valence-electron chi connectivity index (χ0n) is 16.6. The highest BCUT2D eigenvalue weighted by molar-refractivity contribution is 5.72. The lowest BCUT2D eigenvalue weighted by Crippen LogP contribution is -2.53. The van der Waals surface area contributed by atoms with Crippen LogP contribution in [0.3, 0.4) is 0 Å². The molecule has 1 unspecified atom stereocenters. The Morgan fingerprint density at radius 1 is 1.30 bits per heavy atom. The summed E-state index contributed by atoms with van der Waals surface area (Å²) in [7, 11) is 0. The number of aliphatic carboxylic acids is 1. The third kappa shape index (κ3) is 5.02. The molecule has 0 saturated heterocycles. The van der Waals surface area contributed by atoms with Gasteiger partial charge in [-0.05, 0) is 37.5 Å². The molecule has 7 heteroatoms. The van der Waals surface area contributed by atoms with Crippen LogP contribution in [0.2, 0.25) is 0 Å². The van der Waals surface area contributed by atoms with Gasteiger partial charge in [0.25, 0.3) is 0 Å². The number of hydrogen-bond donors (Lipinski definition) is 2. The molecule has 0 aromatic heterocycles. The highest BCUT2D eigenvalue weighted by Gasteiger charge is 2.55. The molecule has 0 aliphatic heterocycles. The Balaban J connectivity index is 1.88. The van der Waals surface area contributed by atoms with Crippen molar-refractivity contribution in [1.29, 1.82) is 0 Å². The molecule has 152 valence electrons. The average molecular weight is 381 g/mol. The van der Waals surface area contributed by atoms with E-state index >= 15 is 0 Å². The number of carboxylic acids is 1. The van der Waals surface area contributed by atoms with Gasteiger partial charge in [0.2, 0.25) is 6.29 Å². The van der Waals surface area contributed by atoms with Gasteiger partial charge in [0, 0.05) is 18.9 Å². The van der Waals surface area contributed by atoms with Crippen LogP contribution in [0.1, 0.15) is 59.8 Å². The van der Waals surface area contributed by atoms with Crippen molar-refractivity contribution >= 4 is 18.0 Å². The molecule has 0 bridgehead atoms. The van der Waals surface area contributed by atoms with Gasteiger partial charge in [0.1, 0.15) is 0 Å². The van der Waals surface area contributed by atoms with Gasteiger partial charge >= 0.3 is 18.0 Å². The molecule has 2 aliphatic carbocycles. The van der Waals surface area contributed by atoms with Crippen molar-refractivity contribution in [3.05, 3.63) is 11.6 Å². The molecule has 7 nitrogen and oxygen atoms in total. The van der Waals surface area contributed by atoms with E-state index in [1.807, 2.05) is 6.92 Å². The van der Waals surface area contributed by atoms with Crippen molar-refractivity contribution in [2.45, 2.75) is 66.1 Å². The summed E-state index contributed by atoms with van der Waals surface area (Å²) in [6, 6.07) is 0. The van der Waals surface area contributed by atoms with E-state index in [1.165, 1.54) is 12.5 Å². The highest BCUT2D eigenvalue weighted by Crippen LogP contribution is 2.59. The average Bonchev–Trinajstić information content (AvgIpc) is 2.95. The number of hydrogen-bond acceptors (Lipinski definition) is 5. The molecule has 2 N–H and O–H groups in total. The van der Waals surface area contributed by atoms with Gasteiger partial charge in [-0.1, -0.05) is 32.4 Å². The normalized spacial score (nSPS) is 28.2. The molecule has 27 heavy (non-hydrogen) atoms. The second kappa shape index (κ2) is 8.76. The first-order chi connectivity index (χ1) is 12.7. The molecular formula is C20H31NO6. The number of ether oxygens (including phenoxy) is 2. The van der Waals surface area contributed by atoms with Crippen LogP contribution < -0.4 is 5.32 Å². The molecule has 2 aliphatic rings. The number of rotatable bonds is 9. The third-order valence-electron chi connectivity index (χ3n) is 5.94. The van der Waals surface area contributed by atoms with Crippen molar-refractivity contribution in [2.75, 3.05) is 6.54 Å². The number of carbonyl (C=O) groups excluding carboxylic acids is 2. The molecule has 1 amide bonds. The van der Waals surface area contributed by atoms with Crippen molar-refractivity contribution in [1.82, 2.24) is 5.32 Å². The van der Waals surface area contributed by atoms with Crippen LogP contribution in [0.15, 0.2) is 11.6 Å². The SMILES string of the molecule is CCC1=C[C@@H]2[C@@H](C1)C[C@]2(CNC(=O)O[C@H](C)OC(=O)C(C)CC)CC(=O)O. The van der Waals surface area contributed by atoms with Crippen LogP contribution in [-0.4, -0.2) is 36.0 Å². The van der Waals surface area contributed by atoms with E-state index in [1.54, 1.807) is 6.92 Å². The van der Waals surface area contributed by atoms with Crippen LogP contribution >= 0.6 is 0 Å². The zero-order chi connectivity index (χ0) is 20.2. The number of allylic oxidation sites excluding steroid dienone is 2. The number of fused-ring (bicyclic) bond motifs is 1. The van der Waals surface area contributed by atoms with Crippen molar-refractivity contribution in [2.24, 2.45) is 23.2 Å². The Morgan fingerprint density at radius 3 is 2.59 bits per heavy atom. The Kier molecular flexibility index (Phi) is 6.89. The predicted molar refractivity (Wildman–Crippen MR) is 98.8 cm³/mol. The van der Waals surface area contributed by atoms with E-state index in [-0.39, 0.29) is 24.8 Å². The second-order valence-corrected chi connectivity index (χ2v) is 7.88. The summed E-state index contributed by atoms with van der Waals surface area (Å²) in [6.45, 7) is 7.45. The van der Waals surface area contributed by atoms with Gasteiger partial charge in [-0.2, -0.15) is 0 Å². The molecule has 1 saturated carbocycles. The molecule has 0 aromatic carbocycles. The first-order valence-corrected chi connectivity index (χ1v) is 9.77. The summed E-state index contributed by atoms with van der Waals surface area (Å²) in [5.74, 6) is -0.869.